The van der Waals surface area contributed by atoms with E-state index in [1.807, 2.05) is 0 Å². The van der Waals surface area contributed by atoms with Crippen molar-refractivity contribution in [1.82, 2.24) is 5.32 Å². The second kappa shape index (κ2) is 7.74. The number of hydrogen-bond donors (Lipinski definition) is 1. The lowest BCUT2D eigenvalue weighted by atomic mass is 9.92. The van der Waals surface area contributed by atoms with Gasteiger partial charge in [-0.05, 0) is 65.2 Å². The van der Waals surface area contributed by atoms with Crippen LogP contribution in [0, 0.1) is 9.49 Å². The molecule has 0 bridgehead atoms. The summed E-state index contributed by atoms with van der Waals surface area (Å²) in [7, 11) is 0. The molecule has 1 aromatic rings. The summed E-state index contributed by atoms with van der Waals surface area (Å²) in [5, 5.41) is 3.67. The van der Waals surface area contributed by atoms with Gasteiger partial charge in [-0.3, -0.25) is 0 Å². The summed E-state index contributed by atoms with van der Waals surface area (Å²) in [6.45, 7) is 7.87. The summed E-state index contributed by atoms with van der Waals surface area (Å²) >= 11 is 6.06. The Kier molecular flexibility index (Phi) is 7.04. The van der Waals surface area contributed by atoms with E-state index >= 15 is 0 Å². The summed E-state index contributed by atoms with van der Waals surface area (Å²) in [5.74, 6) is 0.649. The lowest BCUT2D eigenvalue weighted by Gasteiger charge is -2.26. The van der Waals surface area contributed by atoms with E-state index in [4.69, 9.17) is 0 Å². The Labute approximate surface area is 127 Å². The van der Waals surface area contributed by atoms with E-state index in [1.54, 1.807) is 0 Å². The van der Waals surface area contributed by atoms with Crippen LogP contribution in [-0.2, 0) is 0 Å². The Morgan fingerprint density at radius 1 is 1.35 bits per heavy atom. The molecule has 0 amide bonds. The van der Waals surface area contributed by atoms with E-state index in [0.29, 0.717) is 12.0 Å². The van der Waals surface area contributed by atoms with Gasteiger partial charge in [-0.1, -0.05) is 43.1 Å². The molecule has 0 aliphatic rings. The van der Waals surface area contributed by atoms with E-state index in [9.17, 15) is 0 Å². The molecule has 0 radical (unpaired) electrons. The number of benzene rings is 1. The average molecular weight is 410 g/mol. The van der Waals surface area contributed by atoms with Crippen LogP contribution in [0.1, 0.15) is 45.2 Å². The molecule has 1 aromatic carbocycles. The van der Waals surface area contributed by atoms with Crippen molar-refractivity contribution in [1.29, 1.82) is 0 Å². The third-order valence-electron chi connectivity index (χ3n) is 3.12. The first kappa shape index (κ1) is 15.4. The van der Waals surface area contributed by atoms with Gasteiger partial charge in [-0.2, -0.15) is 0 Å². The average Bonchev–Trinajstić information content (AvgIpc) is 2.33. The van der Waals surface area contributed by atoms with E-state index in [-0.39, 0.29) is 0 Å². The predicted octanol–water partition coefficient (Wildman–Crippen LogP) is 5.14. The molecule has 1 nitrogen and oxygen atoms in total. The normalized spacial score (nSPS) is 14.6. The Morgan fingerprint density at radius 3 is 2.65 bits per heavy atom. The Balaban J connectivity index is 2.98. The van der Waals surface area contributed by atoms with Gasteiger partial charge in [0.2, 0.25) is 0 Å². The summed E-state index contributed by atoms with van der Waals surface area (Å²) < 4.78 is 2.51. The van der Waals surface area contributed by atoms with Crippen LogP contribution < -0.4 is 5.32 Å². The highest BCUT2D eigenvalue weighted by Crippen LogP contribution is 2.31. The van der Waals surface area contributed by atoms with Crippen LogP contribution in [0.2, 0.25) is 0 Å². The quantitative estimate of drug-likeness (QED) is 0.641. The fourth-order valence-electron chi connectivity index (χ4n) is 1.91. The van der Waals surface area contributed by atoms with Gasteiger partial charge >= 0.3 is 0 Å². The molecule has 96 valence electrons. The van der Waals surface area contributed by atoms with Crippen molar-refractivity contribution in [2.45, 2.75) is 39.7 Å². The molecule has 0 saturated heterocycles. The summed E-state index contributed by atoms with van der Waals surface area (Å²) in [4.78, 5) is 0. The van der Waals surface area contributed by atoms with Gasteiger partial charge in [0.1, 0.15) is 0 Å². The van der Waals surface area contributed by atoms with Crippen LogP contribution in [0.15, 0.2) is 22.7 Å². The molecule has 0 aliphatic carbocycles. The van der Waals surface area contributed by atoms with Gasteiger partial charge in [-0.15, -0.1) is 0 Å². The van der Waals surface area contributed by atoms with Crippen LogP contribution in [0.5, 0.6) is 0 Å². The first-order chi connectivity index (χ1) is 8.10. The highest BCUT2D eigenvalue weighted by Gasteiger charge is 2.19. The topological polar surface area (TPSA) is 12.0 Å². The SMILES string of the molecule is CCCNC(c1cc(I)ccc1Br)C(C)CC. The van der Waals surface area contributed by atoms with E-state index in [0.717, 1.165) is 6.54 Å². The lowest BCUT2D eigenvalue weighted by Crippen LogP contribution is -2.27. The maximum absolute atomic E-state index is 3.68. The number of nitrogens with one attached hydrogen (secondary N) is 1. The van der Waals surface area contributed by atoms with E-state index < -0.39 is 0 Å². The summed E-state index contributed by atoms with van der Waals surface area (Å²) in [6.07, 6.45) is 2.37. The van der Waals surface area contributed by atoms with Crippen LogP contribution in [0.4, 0.5) is 0 Å². The summed E-state index contributed by atoms with van der Waals surface area (Å²) in [6, 6.07) is 7.02. The van der Waals surface area contributed by atoms with Crippen LogP contribution in [0.3, 0.4) is 0 Å². The molecule has 0 aliphatic heterocycles. The molecule has 2 unspecified atom stereocenters. The Hall–Kier alpha value is 0.390. The highest BCUT2D eigenvalue weighted by molar-refractivity contribution is 14.1. The minimum atomic E-state index is 0.448. The standard InChI is InChI=1S/C14H21BrIN/c1-4-8-17-14(10(3)5-2)12-9-11(16)6-7-13(12)15/h6-7,9-10,14,17H,4-5,8H2,1-3H3. The molecule has 0 aromatic heterocycles. The van der Waals surface area contributed by atoms with Crippen molar-refractivity contribution in [3.05, 3.63) is 31.8 Å². The van der Waals surface area contributed by atoms with E-state index in [1.165, 1.54) is 26.4 Å². The smallest absolute Gasteiger partial charge is 0.0357 e. The van der Waals surface area contributed by atoms with Crippen molar-refractivity contribution < 1.29 is 0 Å². The van der Waals surface area contributed by atoms with Crippen molar-refractivity contribution >= 4 is 38.5 Å². The largest absolute Gasteiger partial charge is 0.310 e. The van der Waals surface area contributed by atoms with Crippen molar-refractivity contribution in [3.8, 4) is 0 Å². The molecule has 0 fully saturated rings. The zero-order valence-corrected chi connectivity index (χ0v) is 14.5. The summed E-state index contributed by atoms with van der Waals surface area (Å²) in [5.41, 5.74) is 1.39. The zero-order chi connectivity index (χ0) is 12.8. The van der Waals surface area contributed by atoms with Crippen LogP contribution >= 0.6 is 38.5 Å². The van der Waals surface area contributed by atoms with Gasteiger partial charge in [0.05, 0.1) is 0 Å². The van der Waals surface area contributed by atoms with Gasteiger partial charge in [0.25, 0.3) is 0 Å². The number of rotatable bonds is 6. The molecule has 1 rings (SSSR count). The van der Waals surface area contributed by atoms with Gasteiger partial charge in [0.15, 0.2) is 0 Å². The third-order valence-corrected chi connectivity index (χ3v) is 4.51. The molecule has 1 N–H and O–H groups in total. The van der Waals surface area contributed by atoms with Crippen molar-refractivity contribution in [3.63, 3.8) is 0 Å². The van der Waals surface area contributed by atoms with Crippen LogP contribution in [0.25, 0.3) is 0 Å². The molecule has 0 spiro atoms. The fourth-order valence-corrected chi connectivity index (χ4v) is 2.91. The van der Waals surface area contributed by atoms with Gasteiger partial charge in [0, 0.05) is 14.1 Å². The minimum absolute atomic E-state index is 0.448. The molecular formula is C14H21BrIN. The molecule has 17 heavy (non-hydrogen) atoms. The molecular weight excluding hydrogens is 389 g/mol. The van der Waals surface area contributed by atoms with Crippen LogP contribution in [-0.4, -0.2) is 6.54 Å². The maximum atomic E-state index is 3.68. The minimum Gasteiger partial charge on any atom is -0.310 e. The van der Waals surface area contributed by atoms with E-state index in [2.05, 4.69) is 82.8 Å². The lowest BCUT2D eigenvalue weighted by molar-refractivity contribution is 0.376. The van der Waals surface area contributed by atoms with Gasteiger partial charge < -0.3 is 5.32 Å². The van der Waals surface area contributed by atoms with Crippen molar-refractivity contribution in [2.24, 2.45) is 5.92 Å². The highest BCUT2D eigenvalue weighted by atomic mass is 127. The van der Waals surface area contributed by atoms with Crippen molar-refractivity contribution in [2.75, 3.05) is 6.54 Å². The number of hydrogen-bond acceptors (Lipinski definition) is 1. The fraction of sp³-hybridized carbons (Fsp3) is 0.571. The first-order valence-electron chi connectivity index (χ1n) is 6.28. The third kappa shape index (κ3) is 4.52. The Morgan fingerprint density at radius 2 is 2.06 bits per heavy atom. The predicted molar refractivity (Wildman–Crippen MR) is 87.3 cm³/mol. The molecule has 0 saturated carbocycles. The maximum Gasteiger partial charge on any atom is 0.0357 e. The molecule has 2 atom stereocenters. The zero-order valence-electron chi connectivity index (χ0n) is 10.8. The first-order valence-corrected chi connectivity index (χ1v) is 8.15. The second-order valence-electron chi connectivity index (χ2n) is 4.48. The monoisotopic (exact) mass is 409 g/mol. The Bertz CT molecular complexity index is 354. The number of halogens is 2. The van der Waals surface area contributed by atoms with Gasteiger partial charge in [-0.25, -0.2) is 0 Å². The second-order valence-corrected chi connectivity index (χ2v) is 6.58. The molecule has 0 heterocycles. The molecule has 3 heteroatoms.